The zero-order chi connectivity index (χ0) is 12.2. The van der Waals surface area contributed by atoms with Crippen LogP contribution in [-0.2, 0) is 6.42 Å². The summed E-state index contributed by atoms with van der Waals surface area (Å²) >= 11 is 0. The first-order chi connectivity index (χ1) is 8.93. The van der Waals surface area contributed by atoms with E-state index in [9.17, 15) is 0 Å². The number of aryl methyl sites for hydroxylation is 1. The third kappa shape index (κ3) is 2.77. The van der Waals surface area contributed by atoms with Gasteiger partial charge in [0, 0.05) is 6.04 Å². The topological polar surface area (TPSA) is 12.0 Å². The highest BCUT2D eigenvalue weighted by Crippen LogP contribution is 2.31. The van der Waals surface area contributed by atoms with E-state index in [1.165, 1.54) is 57.9 Å². The van der Waals surface area contributed by atoms with E-state index in [1.807, 2.05) is 0 Å². The Morgan fingerprint density at radius 3 is 2.56 bits per heavy atom. The van der Waals surface area contributed by atoms with Crippen LogP contribution < -0.4 is 5.32 Å². The van der Waals surface area contributed by atoms with Crippen LogP contribution in [0.3, 0.4) is 0 Å². The van der Waals surface area contributed by atoms with Gasteiger partial charge in [-0.1, -0.05) is 49.9 Å². The molecular formula is C17H25N. The first-order valence-electron chi connectivity index (χ1n) is 7.74. The molecule has 1 atom stereocenters. The largest absolute Gasteiger partial charge is 0.310 e. The summed E-state index contributed by atoms with van der Waals surface area (Å²) in [6.45, 7) is 1.24. The third-order valence-electron chi connectivity index (χ3n) is 4.76. The molecule has 1 aromatic rings. The number of hydrogen-bond donors (Lipinski definition) is 1. The summed E-state index contributed by atoms with van der Waals surface area (Å²) in [6.07, 6.45) is 11.3. The predicted octanol–water partition coefficient (Wildman–Crippen LogP) is 4.23. The van der Waals surface area contributed by atoms with Crippen LogP contribution in [-0.4, -0.2) is 6.54 Å². The molecule has 18 heavy (non-hydrogen) atoms. The van der Waals surface area contributed by atoms with Crippen molar-refractivity contribution in [2.24, 2.45) is 5.92 Å². The first-order valence-corrected chi connectivity index (χ1v) is 7.74. The van der Waals surface area contributed by atoms with Gasteiger partial charge in [-0.3, -0.25) is 0 Å². The fraction of sp³-hybridized carbons (Fsp3) is 0.647. The molecule has 1 saturated carbocycles. The number of rotatable bonds is 3. The van der Waals surface area contributed by atoms with Gasteiger partial charge >= 0.3 is 0 Å². The number of hydrogen-bond acceptors (Lipinski definition) is 1. The van der Waals surface area contributed by atoms with Gasteiger partial charge < -0.3 is 5.32 Å². The molecule has 0 spiro atoms. The summed E-state index contributed by atoms with van der Waals surface area (Å²) < 4.78 is 0. The van der Waals surface area contributed by atoms with Crippen molar-refractivity contribution >= 4 is 0 Å². The second-order valence-corrected chi connectivity index (χ2v) is 6.06. The standard InChI is InChI=1S/C17H25N/c1-2-4-8-14(7-3-1)13-18-17-12-11-15-9-5-6-10-16(15)17/h5-6,9-10,14,17-18H,1-4,7-8,11-13H2. The second-order valence-electron chi connectivity index (χ2n) is 6.06. The van der Waals surface area contributed by atoms with E-state index >= 15 is 0 Å². The van der Waals surface area contributed by atoms with E-state index in [0.717, 1.165) is 5.92 Å². The molecule has 0 heterocycles. The molecule has 1 aromatic carbocycles. The minimum absolute atomic E-state index is 0.629. The fourth-order valence-electron chi connectivity index (χ4n) is 3.65. The van der Waals surface area contributed by atoms with Gasteiger partial charge in [-0.15, -0.1) is 0 Å². The van der Waals surface area contributed by atoms with Gasteiger partial charge in [0.1, 0.15) is 0 Å². The van der Waals surface area contributed by atoms with E-state index < -0.39 is 0 Å². The highest BCUT2D eigenvalue weighted by Gasteiger charge is 2.22. The maximum Gasteiger partial charge on any atom is 0.0326 e. The van der Waals surface area contributed by atoms with Gasteiger partial charge in [-0.05, 0) is 49.3 Å². The molecular weight excluding hydrogens is 218 g/mol. The molecule has 1 fully saturated rings. The summed E-state index contributed by atoms with van der Waals surface area (Å²) in [7, 11) is 0. The van der Waals surface area contributed by atoms with Crippen molar-refractivity contribution in [2.45, 2.75) is 57.4 Å². The van der Waals surface area contributed by atoms with Gasteiger partial charge in [0.05, 0.1) is 0 Å². The zero-order valence-electron chi connectivity index (χ0n) is 11.3. The lowest BCUT2D eigenvalue weighted by Crippen LogP contribution is -2.26. The number of nitrogens with one attached hydrogen (secondary N) is 1. The SMILES string of the molecule is c1ccc2c(c1)CCC2NCC1CCCCCC1. The van der Waals surface area contributed by atoms with E-state index in [2.05, 4.69) is 29.6 Å². The van der Waals surface area contributed by atoms with Crippen molar-refractivity contribution in [3.05, 3.63) is 35.4 Å². The van der Waals surface area contributed by atoms with Crippen molar-refractivity contribution < 1.29 is 0 Å². The normalized spacial score (nSPS) is 24.8. The van der Waals surface area contributed by atoms with E-state index in [4.69, 9.17) is 0 Å². The lowest BCUT2D eigenvalue weighted by Gasteiger charge is -2.19. The lowest BCUT2D eigenvalue weighted by molar-refractivity contribution is 0.393. The molecule has 2 aliphatic carbocycles. The molecule has 3 rings (SSSR count). The third-order valence-corrected chi connectivity index (χ3v) is 4.76. The number of fused-ring (bicyclic) bond motifs is 1. The van der Waals surface area contributed by atoms with E-state index in [1.54, 1.807) is 11.1 Å². The number of benzene rings is 1. The monoisotopic (exact) mass is 243 g/mol. The minimum Gasteiger partial charge on any atom is -0.310 e. The molecule has 98 valence electrons. The maximum atomic E-state index is 3.84. The quantitative estimate of drug-likeness (QED) is 0.783. The van der Waals surface area contributed by atoms with Crippen LogP contribution in [0, 0.1) is 5.92 Å². The lowest BCUT2D eigenvalue weighted by atomic mass is 9.99. The average Bonchev–Trinajstić information content (AvgIpc) is 2.64. The van der Waals surface area contributed by atoms with Crippen molar-refractivity contribution in [1.82, 2.24) is 5.32 Å². The van der Waals surface area contributed by atoms with Gasteiger partial charge in [-0.2, -0.15) is 0 Å². The highest BCUT2D eigenvalue weighted by molar-refractivity contribution is 5.34. The molecule has 0 aliphatic heterocycles. The minimum atomic E-state index is 0.629. The Morgan fingerprint density at radius 1 is 0.944 bits per heavy atom. The smallest absolute Gasteiger partial charge is 0.0326 e. The molecule has 1 N–H and O–H groups in total. The van der Waals surface area contributed by atoms with Crippen LogP contribution >= 0.6 is 0 Å². The zero-order valence-corrected chi connectivity index (χ0v) is 11.3. The molecule has 1 unspecified atom stereocenters. The Labute approximate surface area is 111 Å². The average molecular weight is 243 g/mol. The van der Waals surface area contributed by atoms with E-state index in [-0.39, 0.29) is 0 Å². The van der Waals surface area contributed by atoms with E-state index in [0.29, 0.717) is 6.04 Å². The molecule has 0 radical (unpaired) electrons. The summed E-state index contributed by atoms with van der Waals surface area (Å²) in [5, 5.41) is 3.84. The molecule has 1 heteroatoms. The van der Waals surface area contributed by atoms with Crippen LogP contribution in [0.5, 0.6) is 0 Å². The van der Waals surface area contributed by atoms with Crippen LogP contribution in [0.4, 0.5) is 0 Å². The van der Waals surface area contributed by atoms with Gasteiger partial charge in [0.2, 0.25) is 0 Å². The second kappa shape index (κ2) is 5.88. The Bertz CT molecular complexity index is 377. The van der Waals surface area contributed by atoms with Crippen LogP contribution in [0.1, 0.15) is 62.1 Å². The fourth-order valence-corrected chi connectivity index (χ4v) is 3.65. The summed E-state index contributed by atoms with van der Waals surface area (Å²) in [5.41, 5.74) is 3.13. The summed E-state index contributed by atoms with van der Waals surface area (Å²) in [4.78, 5) is 0. The van der Waals surface area contributed by atoms with Gasteiger partial charge in [0.25, 0.3) is 0 Å². The molecule has 2 aliphatic rings. The van der Waals surface area contributed by atoms with Crippen molar-refractivity contribution in [3.8, 4) is 0 Å². The van der Waals surface area contributed by atoms with Crippen molar-refractivity contribution in [2.75, 3.05) is 6.54 Å². The Kier molecular flexibility index (Phi) is 3.99. The maximum absolute atomic E-state index is 3.84. The van der Waals surface area contributed by atoms with Crippen molar-refractivity contribution in [1.29, 1.82) is 0 Å². The summed E-state index contributed by atoms with van der Waals surface area (Å²) in [6, 6.07) is 9.59. The molecule has 0 aromatic heterocycles. The Hall–Kier alpha value is -0.820. The van der Waals surface area contributed by atoms with Crippen LogP contribution in [0.25, 0.3) is 0 Å². The molecule has 0 saturated heterocycles. The van der Waals surface area contributed by atoms with Crippen LogP contribution in [0.15, 0.2) is 24.3 Å². The first kappa shape index (κ1) is 12.2. The molecule has 1 nitrogen and oxygen atoms in total. The van der Waals surface area contributed by atoms with Crippen LogP contribution in [0.2, 0.25) is 0 Å². The molecule has 0 amide bonds. The molecule has 0 bridgehead atoms. The van der Waals surface area contributed by atoms with Crippen molar-refractivity contribution in [3.63, 3.8) is 0 Å². The summed E-state index contributed by atoms with van der Waals surface area (Å²) in [5.74, 6) is 0.931. The Morgan fingerprint density at radius 2 is 1.72 bits per heavy atom. The van der Waals surface area contributed by atoms with Gasteiger partial charge in [0.15, 0.2) is 0 Å². The Balaban J connectivity index is 1.55. The van der Waals surface area contributed by atoms with Gasteiger partial charge in [-0.25, -0.2) is 0 Å². The highest BCUT2D eigenvalue weighted by atomic mass is 14.9. The predicted molar refractivity (Wildman–Crippen MR) is 76.7 cm³/mol.